The van der Waals surface area contributed by atoms with E-state index >= 15 is 0 Å². The quantitative estimate of drug-likeness (QED) is 0.325. The van der Waals surface area contributed by atoms with Crippen molar-refractivity contribution < 1.29 is 0 Å². The van der Waals surface area contributed by atoms with Crippen LogP contribution in [-0.4, -0.2) is 24.7 Å². The highest BCUT2D eigenvalue weighted by atomic mass is 15.2. The minimum absolute atomic E-state index is 0.0141. The minimum atomic E-state index is -0.0141. The van der Waals surface area contributed by atoms with Gasteiger partial charge in [0, 0.05) is 5.54 Å². The number of nitrogens with two attached hydrogens (primary N) is 1. The average molecular weight is 172 g/mol. The molecule has 4 N–H and O–H groups in total. The lowest BCUT2D eigenvalue weighted by Gasteiger charge is -2.20. The zero-order valence-electron chi connectivity index (χ0n) is 8.44. The molecular formula is C8H20N4. The third kappa shape index (κ3) is 7.34. The predicted molar refractivity (Wildman–Crippen MR) is 53.1 cm³/mol. The second kappa shape index (κ2) is 4.98. The summed E-state index contributed by atoms with van der Waals surface area (Å²) in [4.78, 5) is 4.07. The summed E-state index contributed by atoms with van der Waals surface area (Å²) in [5, 5.41) is 6.12. The molecule has 0 heterocycles. The van der Waals surface area contributed by atoms with E-state index in [9.17, 15) is 0 Å². The van der Waals surface area contributed by atoms with Crippen molar-refractivity contribution in [1.82, 2.24) is 10.6 Å². The Labute approximate surface area is 74.6 Å². The molecule has 0 saturated carbocycles. The molecule has 12 heavy (non-hydrogen) atoms. The number of rotatable bonds is 3. The first-order valence-electron chi connectivity index (χ1n) is 4.24. The maximum atomic E-state index is 5.60. The number of hydrogen-bond donors (Lipinski definition) is 3. The zero-order chi connectivity index (χ0) is 9.61. The molecule has 0 spiro atoms. The molecule has 0 fully saturated rings. The summed E-state index contributed by atoms with van der Waals surface area (Å²) in [6.45, 7) is 9.65. The lowest BCUT2D eigenvalue weighted by molar-refractivity contribution is 0.507. The summed E-state index contributed by atoms with van der Waals surface area (Å²) in [7, 11) is 0. The fraction of sp³-hybridized carbons (Fsp3) is 0.875. The molecule has 0 radical (unpaired) electrons. The predicted octanol–water partition coefficient (Wildman–Crippen LogP) is 0.256. The molecule has 0 aromatic carbocycles. The second-order valence-electron chi connectivity index (χ2n) is 3.68. The monoisotopic (exact) mass is 172 g/mol. The van der Waals surface area contributed by atoms with Crippen LogP contribution in [0.4, 0.5) is 0 Å². The lowest BCUT2D eigenvalue weighted by Crippen LogP contribution is -2.45. The Bertz CT molecular complexity index is 146. The number of nitrogens with zero attached hydrogens (tertiary/aromatic N) is 1. The molecular weight excluding hydrogens is 152 g/mol. The molecule has 0 aliphatic heterocycles. The topological polar surface area (TPSA) is 62.4 Å². The number of nitrogens with one attached hydrogen (secondary N) is 2. The van der Waals surface area contributed by atoms with Gasteiger partial charge in [0.2, 0.25) is 0 Å². The van der Waals surface area contributed by atoms with E-state index in [-0.39, 0.29) is 5.54 Å². The lowest BCUT2D eigenvalue weighted by atomic mass is 10.1. The van der Waals surface area contributed by atoms with Gasteiger partial charge in [0.1, 0.15) is 0 Å². The van der Waals surface area contributed by atoms with Gasteiger partial charge in [-0.3, -0.25) is 5.32 Å². The third-order valence-corrected chi connectivity index (χ3v) is 1.11. The second-order valence-corrected chi connectivity index (χ2v) is 3.68. The van der Waals surface area contributed by atoms with Crippen molar-refractivity contribution in [3.05, 3.63) is 0 Å². The van der Waals surface area contributed by atoms with Crippen molar-refractivity contribution in [1.29, 1.82) is 0 Å². The Morgan fingerprint density at radius 1 is 1.42 bits per heavy atom. The van der Waals surface area contributed by atoms with Gasteiger partial charge in [-0.2, -0.15) is 0 Å². The Balaban J connectivity index is 3.70. The van der Waals surface area contributed by atoms with Crippen LogP contribution >= 0.6 is 0 Å². The molecule has 4 nitrogen and oxygen atoms in total. The Morgan fingerprint density at radius 3 is 2.42 bits per heavy atom. The highest BCUT2D eigenvalue weighted by molar-refractivity contribution is 5.78. The highest BCUT2D eigenvalue weighted by Gasteiger charge is 2.08. The van der Waals surface area contributed by atoms with E-state index in [1.54, 1.807) is 0 Å². The van der Waals surface area contributed by atoms with E-state index in [1.807, 2.05) is 27.7 Å². The van der Waals surface area contributed by atoms with Gasteiger partial charge in [-0.1, -0.05) is 6.92 Å². The van der Waals surface area contributed by atoms with Crippen LogP contribution in [0.3, 0.4) is 0 Å². The molecule has 0 atom stereocenters. The van der Waals surface area contributed by atoms with Gasteiger partial charge in [-0.15, -0.1) is 0 Å². The molecule has 0 aliphatic rings. The SMILES string of the molecule is CCNCN=C(N)NC(C)(C)C. The summed E-state index contributed by atoms with van der Waals surface area (Å²) < 4.78 is 0. The molecule has 4 heteroatoms. The first-order chi connectivity index (χ1) is 5.45. The third-order valence-electron chi connectivity index (χ3n) is 1.11. The van der Waals surface area contributed by atoms with Crippen molar-refractivity contribution in [3.63, 3.8) is 0 Å². The molecule has 0 amide bonds. The van der Waals surface area contributed by atoms with Gasteiger partial charge in [-0.05, 0) is 27.3 Å². The molecule has 0 saturated heterocycles. The van der Waals surface area contributed by atoms with Gasteiger partial charge < -0.3 is 11.1 Å². The smallest absolute Gasteiger partial charge is 0.190 e. The minimum Gasteiger partial charge on any atom is -0.370 e. The first kappa shape index (κ1) is 11.2. The van der Waals surface area contributed by atoms with E-state index in [1.165, 1.54) is 0 Å². The Kier molecular flexibility index (Phi) is 4.66. The van der Waals surface area contributed by atoms with Crippen LogP contribution in [0.1, 0.15) is 27.7 Å². The molecule has 0 bridgehead atoms. The Hall–Kier alpha value is -0.770. The molecule has 72 valence electrons. The van der Waals surface area contributed by atoms with Crippen LogP contribution in [0.2, 0.25) is 0 Å². The highest BCUT2D eigenvalue weighted by Crippen LogP contribution is 1.96. The summed E-state index contributed by atoms with van der Waals surface area (Å²) in [5.74, 6) is 0.489. The van der Waals surface area contributed by atoms with Gasteiger partial charge in [-0.25, -0.2) is 4.99 Å². The summed E-state index contributed by atoms with van der Waals surface area (Å²) in [6, 6.07) is 0. The molecule has 0 aliphatic carbocycles. The summed E-state index contributed by atoms with van der Waals surface area (Å²) >= 11 is 0. The van der Waals surface area contributed by atoms with Crippen LogP contribution in [0.25, 0.3) is 0 Å². The molecule has 0 rings (SSSR count). The van der Waals surface area contributed by atoms with Crippen LogP contribution < -0.4 is 16.4 Å². The average Bonchev–Trinajstić information content (AvgIpc) is 1.84. The van der Waals surface area contributed by atoms with Crippen LogP contribution in [0.15, 0.2) is 4.99 Å². The van der Waals surface area contributed by atoms with Gasteiger partial charge in [0.05, 0.1) is 6.67 Å². The van der Waals surface area contributed by atoms with Crippen molar-refractivity contribution in [3.8, 4) is 0 Å². The summed E-state index contributed by atoms with van der Waals surface area (Å²) in [5.41, 5.74) is 5.59. The van der Waals surface area contributed by atoms with Crippen molar-refractivity contribution in [2.75, 3.05) is 13.2 Å². The van der Waals surface area contributed by atoms with E-state index in [0.717, 1.165) is 6.54 Å². The van der Waals surface area contributed by atoms with E-state index in [0.29, 0.717) is 12.6 Å². The standard InChI is InChI=1S/C8H20N4/c1-5-10-6-11-7(9)12-8(2,3)4/h10H,5-6H2,1-4H3,(H3,9,11,12). The molecule has 0 aromatic heterocycles. The molecule has 0 aromatic rings. The van der Waals surface area contributed by atoms with Crippen molar-refractivity contribution in [2.24, 2.45) is 10.7 Å². The van der Waals surface area contributed by atoms with Crippen LogP contribution in [-0.2, 0) is 0 Å². The van der Waals surface area contributed by atoms with Gasteiger partial charge in [0.25, 0.3) is 0 Å². The fourth-order valence-corrected chi connectivity index (χ4v) is 0.677. The Morgan fingerprint density at radius 2 is 2.00 bits per heavy atom. The van der Waals surface area contributed by atoms with Gasteiger partial charge >= 0.3 is 0 Å². The van der Waals surface area contributed by atoms with Crippen LogP contribution in [0.5, 0.6) is 0 Å². The number of guanidine groups is 1. The van der Waals surface area contributed by atoms with Gasteiger partial charge in [0.15, 0.2) is 5.96 Å². The zero-order valence-corrected chi connectivity index (χ0v) is 8.44. The summed E-state index contributed by atoms with van der Waals surface area (Å²) in [6.07, 6.45) is 0. The maximum absolute atomic E-state index is 5.60. The van der Waals surface area contributed by atoms with Crippen molar-refractivity contribution >= 4 is 5.96 Å². The fourth-order valence-electron chi connectivity index (χ4n) is 0.677. The van der Waals surface area contributed by atoms with E-state index < -0.39 is 0 Å². The largest absolute Gasteiger partial charge is 0.370 e. The van der Waals surface area contributed by atoms with E-state index in [2.05, 4.69) is 15.6 Å². The van der Waals surface area contributed by atoms with Crippen molar-refractivity contribution in [2.45, 2.75) is 33.2 Å². The first-order valence-corrected chi connectivity index (χ1v) is 4.24. The van der Waals surface area contributed by atoms with Crippen LogP contribution in [0, 0.1) is 0 Å². The number of hydrogen-bond acceptors (Lipinski definition) is 2. The number of aliphatic imine (C=N–C) groups is 1. The maximum Gasteiger partial charge on any atom is 0.190 e. The van der Waals surface area contributed by atoms with E-state index in [4.69, 9.17) is 5.73 Å². The normalized spacial score (nSPS) is 13.2. The molecule has 0 unspecified atom stereocenters.